The predicted molar refractivity (Wildman–Crippen MR) is 146 cm³/mol. The van der Waals surface area contributed by atoms with Crippen molar-refractivity contribution < 1.29 is 24.2 Å². The Bertz CT molecular complexity index is 1420. The van der Waals surface area contributed by atoms with Crippen molar-refractivity contribution in [2.24, 2.45) is 0 Å². The number of aliphatic hydroxyl groups is 1. The number of ether oxygens (including phenoxy) is 1. The van der Waals surface area contributed by atoms with Gasteiger partial charge >= 0.3 is 0 Å². The summed E-state index contributed by atoms with van der Waals surface area (Å²) in [6, 6.07) is 21.0. The molecule has 206 valence electrons. The van der Waals surface area contributed by atoms with E-state index in [9.17, 15) is 19.5 Å². The fourth-order valence-electron chi connectivity index (χ4n) is 5.72. The van der Waals surface area contributed by atoms with Crippen LogP contribution in [0, 0.1) is 0 Å². The summed E-state index contributed by atoms with van der Waals surface area (Å²) in [4.78, 5) is 45.3. The van der Waals surface area contributed by atoms with Gasteiger partial charge in [-0.3, -0.25) is 29.6 Å². The number of aromatic nitrogens is 1. The minimum Gasteiger partial charge on any atom is -0.489 e. The van der Waals surface area contributed by atoms with Crippen molar-refractivity contribution in [1.82, 2.24) is 20.1 Å². The molecular weight excluding hydrogens is 508 g/mol. The van der Waals surface area contributed by atoms with Crippen LogP contribution in [0.25, 0.3) is 0 Å². The highest BCUT2D eigenvalue weighted by atomic mass is 16.5. The van der Waals surface area contributed by atoms with E-state index in [1.165, 1.54) is 10.5 Å². The van der Waals surface area contributed by atoms with Crippen LogP contribution in [-0.4, -0.2) is 56.7 Å². The number of carbonyl (C=O) groups is 3. The Morgan fingerprint density at radius 3 is 2.42 bits per heavy atom. The molecule has 3 amide bonds. The maximum atomic E-state index is 13.0. The SMILES string of the molecule is O=C1CCC(N2Cc3nc(C4(O)CCN(Cc5ccc(OCc6ccccc6)cc5)CC4)ccc3C2=O)C(=O)N1. The molecule has 40 heavy (non-hydrogen) atoms. The number of piperidine rings is 2. The van der Waals surface area contributed by atoms with Crippen molar-refractivity contribution >= 4 is 17.7 Å². The van der Waals surface area contributed by atoms with Gasteiger partial charge in [0.15, 0.2) is 0 Å². The summed E-state index contributed by atoms with van der Waals surface area (Å²) in [7, 11) is 0. The van der Waals surface area contributed by atoms with Gasteiger partial charge in [-0.2, -0.15) is 0 Å². The Morgan fingerprint density at radius 1 is 0.950 bits per heavy atom. The van der Waals surface area contributed by atoms with Crippen molar-refractivity contribution in [3.63, 3.8) is 0 Å². The van der Waals surface area contributed by atoms with E-state index in [0.29, 0.717) is 55.9 Å². The first-order chi connectivity index (χ1) is 19.4. The molecule has 2 N–H and O–H groups in total. The minimum atomic E-state index is -1.08. The van der Waals surface area contributed by atoms with Gasteiger partial charge in [0.05, 0.1) is 23.5 Å². The van der Waals surface area contributed by atoms with Crippen molar-refractivity contribution in [3.8, 4) is 5.75 Å². The molecule has 0 saturated carbocycles. The molecule has 9 nitrogen and oxygen atoms in total. The molecule has 1 unspecified atom stereocenters. The molecule has 3 aliphatic heterocycles. The number of nitrogens with zero attached hydrogens (tertiary/aromatic N) is 3. The second-order valence-corrected chi connectivity index (χ2v) is 10.8. The molecule has 2 aromatic carbocycles. The molecular formula is C31H32N4O5. The first-order valence-electron chi connectivity index (χ1n) is 13.7. The van der Waals surface area contributed by atoms with Gasteiger partial charge in [0.2, 0.25) is 11.8 Å². The summed E-state index contributed by atoms with van der Waals surface area (Å²) in [5, 5.41) is 13.8. The maximum Gasteiger partial charge on any atom is 0.256 e. The van der Waals surface area contributed by atoms with E-state index < -0.39 is 17.6 Å². The molecule has 0 radical (unpaired) electrons. The van der Waals surface area contributed by atoms with E-state index in [2.05, 4.69) is 22.3 Å². The van der Waals surface area contributed by atoms with Crippen molar-refractivity contribution in [3.05, 3.63) is 94.8 Å². The summed E-state index contributed by atoms with van der Waals surface area (Å²) in [6.45, 7) is 2.93. The average Bonchev–Trinajstić information content (AvgIpc) is 3.30. The molecule has 6 rings (SSSR count). The molecule has 3 aromatic rings. The van der Waals surface area contributed by atoms with Crippen molar-refractivity contribution in [2.75, 3.05) is 13.1 Å². The summed E-state index contributed by atoms with van der Waals surface area (Å²) in [5.74, 6) is -0.193. The Kier molecular flexibility index (Phi) is 7.08. The van der Waals surface area contributed by atoms with Crippen LogP contribution >= 0.6 is 0 Å². The molecule has 9 heteroatoms. The van der Waals surface area contributed by atoms with E-state index in [1.54, 1.807) is 12.1 Å². The molecule has 4 heterocycles. The summed E-state index contributed by atoms with van der Waals surface area (Å²) in [5.41, 5.74) is 2.81. The highest BCUT2D eigenvalue weighted by Gasteiger charge is 2.41. The first-order valence-corrected chi connectivity index (χ1v) is 13.7. The summed E-state index contributed by atoms with van der Waals surface area (Å²) >= 11 is 0. The first kappa shape index (κ1) is 26.2. The van der Waals surface area contributed by atoms with Crippen LogP contribution in [0.3, 0.4) is 0 Å². The van der Waals surface area contributed by atoms with Gasteiger partial charge in [-0.25, -0.2) is 0 Å². The number of amides is 3. The second-order valence-electron chi connectivity index (χ2n) is 10.8. The van der Waals surface area contributed by atoms with Gasteiger partial charge in [0.1, 0.15) is 24.0 Å². The molecule has 1 aromatic heterocycles. The van der Waals surface area contributed by atoms with Gasteiger partial charge < -0.3 is 14.7 Å². The molecule has 0 spiro atoms. The van der Waals surface area contributed by atoms with Crippen LogP contribution in [0.1, 0.15) is 58.6 Å². The smallest absolute Gasteiger partial charge is 0.256 e. The minimum absolute atomic E-state index is 0.196. The zero-order valence-electron chi connectivity index (χ0n) is 22.2. The molecule has 2 fully saturated rings. The van der Waals surface area contributed by atoms with Gasteiger partial charge in [-0.05, 0) is 54.7 Å². The molecule has 2 saturated heterocycles. The van der Waals surface area contributed by atoms with E-state index in [-0.39, 0.29) is 24.8 Å². The summed E-state index contributed by atoms with van der Waals surface area (Å²) < 4.78 is 5.89. The van der Waals surface area contributed by atoms with Gasteiger partial charge in [0, 0.05) is 26.1 Å². The Labute approximate surface area is 232 Å². The van der Waals surface area contributed by atoms with E-state index in [1.807, 2.05) is 42.5 Å². The van der Waals surface area contributed by atoms with Gasteiger partial charge in [-0.15, -0.1) is 0 Å². The fourth-order valence-corrected chi connectivity index (χ4v) is 5.72. The molecule has 3 aliphatic rings. The number of imide groups is 1. The van der Waals surface area contributed by atoms with Crippen molar-refractivity contribution in [1.29, 1.82) is 0 Å². The Hall–Kier alpha value is -4.08. The lowest BCUT2D eigenvalue weighted by Gasteiger charge is -2.38. The highest BCUT2D eigenvalue weighted by Crippen LogP contribution is 2.35. The van der Waals surface area contributed by atoms with Crippen LogP contribution in [0.5, 0.6) is 5.75 Å². The molecule has 0 bridgehead atoms. The Morgan fingerprint density at radius 2 is 1.70 bits per heavy atom. The number of pyridine rings is 1. The lowest BCUT2D eigenvalue weighted by molar-refractivity contribution is -0.136. The number of carbonyl (C=O) groups excluding carboxylic acids is 3. The zero-order valence-corrected chi connectivity index (χ0v) is 22.2. The van der Waals surface area contributed by atoms with Crippen LogP contribution in [0.4, 0.5) is 0 Å². The van der Waals surface area contributed by atoms with E-state index in [4.69, 9.17) is 9.72 Å². The second kappa shape index (κ2) is 10.8. The van der Waals surface area contributed by atoms with Crippen LogP contribution in [-0.2, 0) is 34.9 Å². The lowest BCUT2D eigenvalue weighted by Crippen LogP contribution is -2.52. The number of likely N-dealkylation sites (tertiary alicyclic amines) is 1. The number of nitrogens with one attached hydrogen (secondary N) is 1. The lowest BCUT2D eigenvalue weighted by atomic mass is 9.87. The largest absolute Gasteiger partial charge is 0.489 e. The predicted octanol–water partition coefficient (Wildman–Crippen LogP) is 2.91. The van der Waals surface area contributed by atoms with Crippen LogP contribution in [0.15, 0.2) is 66.7 Å². The average molecular weight is 541 g/mol. The number of hydrogen-bond donors (Lipinski definition) is 2. The number of benzene rings is 2. The van der Waals surface area contributed by atoms with Gasteiger partial charge in [0.25, 0.3) is 5.91 Å². The third-order valence-corrected chi connectivity index (χ3v) is 8.11. The fraction of sp³-hybridized carbons (Fsp3) is 0.355. The Balaban J connectivity index is 1.04. The molecule has 1 atom stereocenters. The number of hydrogen-bond acceptors (Lipinski definition) is 7. The normalized spacial score (nSPS) is 20.8. The maximum absolute atomic E-state index is 13.0. The highest BCUT2D eigenvalue weighted by molar-refractivity contribution is 6.05. The monoisotopic (exact) mass is 540 g/mol. The third kappa shape index (κ3) is 5.35. The van der Waals surface area contributed by atoms with Gasteiger partial charge in [-0.1, -0.05) is 42.5 Å². The summed E-state index contributed by atoms with van der Waals surface area (Å²) in [6.07, 6.45) is 1.57. The van der Waals surface area contributed by atoms with Crippen LogP contribution in [0.2, 0.25) is 0 Å². The number of rotatable bonds is 7. The zero-order chi connectivity index (χ0) is 27.7. The van der Waals surface area contributed by atoms with E-state index >= 15 is 0 Å². The standard InChI is InChI=1S/C31H32N4O5/c36-28-13-11-26(29(37)33-28)35-19-25-24(30(35)38)10-12-27(32-25)31(39)14-16-34(17-15-31)18-21-6-8-23(9-7-21)40-20-22-4-2-1-3-5-22/h1-10,12,26,39H,11,13-20H2,(H,33,36,37). The van der Waals surface area contributed by atoms with Crippen molar-refractivity contribution in [2.45, 2.75) is 57.0 Å². The third-order valence-electron chi connectivity index (χ3n) is 8.11. The quantitative estimate of drug-likeness (QED) is 0.443. The topological polar surface area (TPSA) is 112 Å². The van der Waals surface area contributed by atoms with Crippen LogP contribution < -0.4 is 10.1 Å². The number of fused-ring (bicyclic) bond motifs is 1. The van der Waals surface area contributed by atoms with E-state index in [0.717, 1.165) is 17.9 Å². The molecule has 0 aliphatic carbocycles.